The molecule has 4 rings (SSSR count). The summed E-state index contributed by atoms with van der Waals surface area (Å²) in [4.78, 5) is 8.46. The highest BCUT2D eigenvalue weighted by Gasteiger charge is 2.36. The van der Waals surface area contributed by atoms with Crippen LogP contribution in [0.15, 0.2) is 69.9 Å². The van der Waals surface area contributed by atoms with Crippen molar-refractivity contribution in [3.8, 4) is 48.6 Å². The van der Waals surface area contributed by atoms with Gasteiger partial charge in [-0.3, -0.25) is 0 Å². The molecule has 10 nitrogen and oxygen atoms in total. The van der Waals surface area contributed by atoms with Crippen molar-refractivity contribution in [2.75, 3.05) is 0 Å². The van der Waals surface area contributed by atoms with Gasteiger partial charge >= 0.3 is 0 Å². The molecule has 0 N–H and O–H groups in total. The van der Waals surface area contributed by atoms with Crippen LogP contribution in [0.25, 0.3) is 11.1 Å². The zero-order chi connectivity index (χ0) is 27.4. The molecule has 0 saturated heterocycles. The molecule has 0 unspecified atom stereocenters. The van der Waals surface area contributed by atoms with Gasteiger partial charge in [-0.2, -0.15) is 42.1 Å². The number of hydrogen-bond acceptors (Lipinski definition) is 10. The number of nitriles is 8. The Morgan fingerprint density at radius 2 is 0.868 bits per heavy atom. The first-order chi connectivity index (χ1) is 18.5. The van der Waals surface area contributed by atoms with E-state index in [0.29, 0.717) is 11.1 Å². The van der Waals surface area contributed by atoms with Crippen LogP contribution in [0, 0.1) is 90.6 Å². The molecule has 0 fully saturated rings. The van der Waals surface area contributed by atoms with E-state index in [2.05, 4.69) is 9.97 Å². The molecule has 0 radical (unpaired) electrons. The molecule has 0 amide bonds. The van der Waals surface area contributed by atoms with E-state index in [1.54, 1.807) is 0 Å². The molecule has 0 aromatic carbocycles. The highest BCUT2D eigenvalue weighted by molar-refractivity contribution is 6.04. The number of hydrogen-bond donors (Lipinski definition) is 0. The summed E-state index contributed by atoms with van der Waals surface area (Å²) in [5.41, 5.74) is 1.08. The first-order valence-corrected chi connectivity index (χ1v) is 10.4. The lowest BCUT2D eigenvalue weighted by Crippen LogP contribution is -2.00. The van der Waals surface area contributed by atoms with E-state index >= 15 is 0 Å². The summed E-state index contributed by atoms with van der Waals surface area (Å²) in [5, 5.41) is 76.5. The van der Waals surface area contributed by atoms with E-state index in [-0.39, 0.29) is 67.3 Å². The second-order valence-corrected chi connectivity index (χ2v) is 7.59. The van der Waals surface area contributed by atoms with Crippen LogP contribution in [0.3, 0.4) is 0 Å². The maximum atomic E-state index is 9.73. The Balaban J connectivity index is 2.08. The van der Waals surface area contributed by atoms with Crippen molar-refractivity contribution in [3.63, 3.8) is 0 Å². The summed E-state index contributed by atoms with van der Waals surface area (Å²) in [5.74, 6) is 0. The Kier molecular flexibility index (Phi) is 6.11. The molecule has 0 saturated carbocycles. The van der Waals surface area contributed by atoms with Crippen LogP contribution in [0.4, 0.5) is 0 Å². The Morgan fingerprint density at radius 3 is 1.16 bits per heavy atom. The van der Waals surface area contributed by atoms with Gasteiger partial charge in [0.1, 0.15) is 58.9 Å². The average molecular weight is 482 g/mol. The smallest absolute Gasteiger partial charge is 0.142 e. The fourth-order valence-corrected chi connectivity index (χ4v) is 4.09. The van der Waals surface area contributed by atoms with Gasteiger partial charge in [0.25, 0.3) is 0 Å². The summed E-state index contributed by atoms with van der Waals surface area (Å²) in [6, 6.07) is 20.3. The monoisotopic (exact) mass is 482 g/mol. The van der Waals surface area contributed by atoms with Crippen molar-refractivity contribution in [1.82, 2.24) is 9.97 Å². The minimum atomic E-state index is -0.312. The van der Waals surface area contributed by atoms with E-state index in [1.165, 1.54) is 36.4 Å². The van der Waals surface area contributed by atoms with E-state index < -0.39 is 0 Å². The van der Waals surface area contributed by atoms with Crippen LogP contribution >= 0.6 is 0 Å². The fourth-order valence-electron chi connectivity index (χ4n) is 4.09. The van der Waals surface area contributed by atoms with Crippen LogP contribution in [-0.4, -0.2) is 9.97 Å². The molecule has 2 aromatic heterocycles. The third-order valence-corrected chi connectivity index (χ3v) is 5.58. The lowest BCUT2D eigenvalue weighted by molar-refractivity contribution is 1.21. The van der Waals surface area contributed by atoms with Crippen molar-refractivity contribution in [2.24, 2.45) is 0 Å². The van der Waals surface area contributed by atoms with Crippen molar-refractivity contribution < 1.29 is 0 Å². The predicted octanol–water partition coefficient (Wildman–Crippen LogP) is 3.44. The zero-order valence-corrected chi connectivity index (χ0v) is 18.9. The zero-order valence-electron chi connectivity index (χ0n) is 18.9. The van der Waals surface area contributed by atoms with E-state index in [9.17, 15) is 42.1 Å². The topological polar surface area (TPSA) is 216 Å². The van der Waals surface area contributed by atoms with E-state index in [0.717, 1.165) is 0 Å². The van der Waals surface area contributed by atoms with Crippen LogP contribution in [-0.2, 0) is 0 Å². The van der Waals surface area contributed by atoms with Gasteiger partial charge in [0.2, 0.25) is 0 Å². The fraction of sp³-hybridized carbons (Fsp3) is 0. The quantitative estimate of drug-likeness (QED) is 0.567. The third-order valence-electron chi connectivity index (χ3n) is 5.58. The van der Waals surface area contributed by atoms with E-state index in [4.69, 9.17) is 0 Å². The van der Waals surface area contributed by atoms with Gasteiger partial charge in [-0.05, 0) is 47.6 Å². The van der Waals surface area contributed by atoms with Gasteiger partial charge in [0, 0.05) is 22.3 Å². The summed E-state index contributed by atoms with van der Waals surface area (Å²) >= 11 is 0. The highest BCUT2D eigenvalue weighted by Crippen LogP contribution is 2.50. The van der Waals surface area contributed by atoms with Crippen LogP contribution in [0.5, 0.6) is 0 Å². The first kappa shape index (κ1) is 24.1. The SMILES string of the molecule is N#CC(C#N)=C1C(c2cc(C#N)cc(C#N)n2)=CC2=C1C=C(c1cc(C#N)cc(C#N)n1)C2=C(C#N)C#N. The molecule has 10 heteroatoms. The van der Waals surface area contributed by atoms with Gasteiger partial charge in [-0.1, -0.05) is 0 Å². The molecular weight excluding hydrogens is 476 g/mol. The van der Waals surface area contributed by atoms with Crippen LogP contribution in [0.1, 0.15) is 33.9 Å². The molecule has 2 aliphatic rings. The maximum Gasteiger partial charge on any atom is 0.142 e. The van der Waals surface area contributed by atoms with Gasteiger partial charge in [0.05, 0.1) is 34.7 Å². The molecule has 168 valence electrons. The summed E-state index contributed by atoms with van der Waals surface area (Å²) in [6.45, 7) is 0. The molecule has 0 atom stereocenters. The van der Waals surface area contributed by atoms with Crippen molar-refractivity contribution in [1.29, 1.82) is 42.1 Å². The maximum absolute atomic E-state index is 9.73. The number of allylic oxidation sites excluding steroid dienone is 10. The molecule has 0 aliphatic heterocycles. The predicted molar refractivity (Wildman–Crippen MR) is 127 cm³/mol. The Hall–Kier alpha value is -7.08. The number of rotatable bonds is 2. The minimum absolute atomic E-state index is 0.0647. The lowest BCUT2D eigenvalue weighted by atomic mass is 9.92. The lowest BCUT2D eigenvalue weighted by Gasteiger charge is -2.11. The molecule has 2 heterocycles. The molecule has 0 bridgehead atoms. The van der Waals surface area contributed by atoms with Gasteiger partial charge in [0.15, 0.2) is 0 Å². The number of pyridine rings is 2. The van der Waals surface area contributed by atoms with Crippen LogP contribution in [0.2, 0.25) is 0 Å². The molecular formula is C28H6N10. The van der Waals surface area contributed by atoms with Gasteiger partial charge in [-0.25, -0.2) is 9.97 Å². The van der Waals surface area contributed by atoms with E-state index in [1.807, 2.05) is 48.6 Å². The number of aromatic nitrogens is 2. The second kappa shape index (κ2) is 9.65. The Labute approximate surface area is 215 Å². The standard InChI is InChI=1S/C28H6N10/c29-7-15-1-19(13-35)37-25(3-15)23-5-21-22(27(23)17(9-31)10-32)6-24(28(21)18(11-33)12-34)26-4-16(8-30)2-20(14-36)38-26/h1-6H. The van der Waals surface area contributed by atoms with Crippen molar-refractivity contribution in [2.45, 2.75) is 0 Å². The molecule has 2 aromatic rings. The Morgan fingerprint density at radius 1 is 0.500 bits per heavy atom. The summed E-state index contributed by atoms with van der Waals surface area (Å²) in [7, 11) is 0. The number of nitrogens with zero attached hydrogens (tertiary/aromatic N) is 10. The van der Waals surface area contributed by atoms with Gasteiger partial charge in [-0.15, -0.1) is 0 Å². The second-order valence-electron chi connectivity index (χ2n) is 7.59. The highest BCUT2D eigenvalue weighted by atomic mass is 14.7. The Bertz CT molecular complexity index is 1750. The van der Waals surface area contributed by atoms with Gasteiger partial charge < -0.3 is 0 Å². The third kappa shape index (κ3) is 3.81. The summed E-state index contributed by atoms with van der Waals surface area (Å²) < 4.78 is 0. The molecule has 0 spiro atoms. The normalized spacial score (nSPS) is 12.6. The largest absolute Gasteiger partial charge is 0.237 e. The first-order valence-electron chi connectivity index (χ1n) is 10.4. The average Bonchev–Trinajstić information content (AvgIpc) is 3.51. The minimum Gasteiger partial charge on any atom is -0.237 e. The van der Waals surface area contributed by atoms with Crippen molar-refractivity contribution in [3.05, 3.63) is 104 Å². The molecule has 38 heavy (non-hydrogen) atoms. The van der Waals surface area contributed by atoms with Crippen LogP contribution < -0.4 is 0 Å². The van der Waals surface area contributed by atoms with Crippen molar-refractivity contribution >= 4 is 11.1 Å². The molecule has 2 aliphatic carbocycles. The summed E-state index contributed by atoms with van der Waals surface area (Å²) in [6.07, 6.45) is 3.02.